The number of nitrogens with zero attached hydrogens (tertiary/aromatic N) is 1. The van der Waals surface area contributed by atoms with Crippen LogP contribution in [0.2, 0.25) is 0 Å². The van der Waals surface area contributed by atoms with Crippen LogP contribution in [0.25, 0.3) is 0 Å². The number of hydrogen-bond acceptors (Lipinski definition) is 2. The molecule has 1 saturated heterocycles. The molecule has 1 fully saturated rings. The lowest BCUT2D eigenvalue weighted by Crippen LogP contribution is -2.45. The molecule has 0 spiro atoms. The van der Waals surface area contributed by atoms with Gasteiger partial charge < -0.3 is 10.2 Å². The van der Waals surface area contributed by atoms with Crippen LogP contribution in [0.1, 0.15) is 34.3 Å². The smallest absolute Gasteiger partial charge is 0.350 e. The highest BCUT2D eigenvalue weighted by atomic mass is 79.9. The average Bonchev–Trinajstić information content (AvgIpc) is 3.15. The summed E-state index contributed by atoms with van der Waals surface area (Å²) in [5.74, 6) is -0.593. The van der Waals surface area contributed by atoms with Gasteiger partial charge in [0.1, 0.15) is 6.04 Å². The number of carbonyl (C=O) groups excluding carboxylic acids is 2. The first kappa shape index (κ1) is 20.4. The fraction of sp³-hybridized carbons (Fsp3) is 0.300. The molecular weight excluding hydrogens is 437 g/mol. The van der Waals surface area contributed by atoms with Gasteiger partial charge in [-0.15, -0.1) is 0 Å². The summed E-state index contributed by atoms with van der Waals surface area (Å²) >= 11 is 3.31. The summed E-state index contributed by atoms with van der Waals surface area (Å²) in [6.07, 6.45) is -3.21. The first-order chi connectivity index (χ1) is 13.3. The van der Waals surface area contributed by atoms with Gasteiger partial charge in [0.05, 0.1) is 5.56 Å². The molecule has 1 N–H and O–H groups in total. The zero-order valence-electron chi connectivity index (χ0n) is 14.8. The fourth-order valence-electron chi connectivity index (χ4n) is 3.21. The molecule has 28 heavy (non-hydrogen) atoms. The van der Waals surface area contributed by atoms with Gasteiger partial charge in [-0.1, -0.05) is 28.1 Å². The van der Waals surface area contributed by atoms with Crippen LogP contribution in [0.4, 0.5) is 13.2 Å². The molecule has 3 rings (SSSR count). The Labute approximate surface area is 168 Å². The van der Waals surface area contributed by atoms with E-state index in [9.17, 15) is 22.8 Å². The maximum atomic E-state index is 12.8. The minimum Gasteiger partial charge on any atom is -0.350 e. The van der Waals surface area contributed by atoms with E-state index in [2.05, 4.69) is 21.2 Å². The standard InChI is InChI=1S/C20H18BrF3N2O2/c21-16-8-6-14(7-9-16)19(28)26-10-2-5-17(26)18(27)25-12-13-3-1-4-15(11-13)20(22,23)24/h1,3-4,6-9,11,17H,2,5,10,12H2,(H,25,27). The Kier molecular flexibility index (Phi) is 6.07. The van der Waals surface area contributed by atoms with E-state index >= 15 is 0 Å². The Morgan fingerprint density at radius 3 is 2.54 bits per heavy atom. The molecule has 2 aromatic carbocycles. The second-order valence-electron chi connectivity index (χ2n) is 6.58. The first-order valence-electron chi connectivity index (χ1n) is 8.76. The summed E-state index contributed by atoms with van der Waals surface area (Å²) in [4.78, 5) is 26.8. The summed E-state index contributed by atoms with van der Waals surface area (Å²) in [6, 6.07) is 11.1. The Balaban J connectivity index is 1.65. The van der Waals surface area contributed by atoms with Crippen molar-refractivity contribution < 1.29 is 22.8 Å². The van der Waals surface area contributed by atoms with E-state index in [1.165, 1.54) is 17.0 Å². The van der Waals surface area contributed by atoms with E-state index in [0.717, 1.165) is 16.6 Å². The number of hydrogen-bond donors (Lipinski definition) is 1. The third kappa shape index (κ3) is 4.73. The largest absolute Gasteiger partial charge is 0.416 e. The zero-order valence-corrected chi connectivity index (χ0v) is 16.4. The van der Waals surface area contributed by atoms with Crippen LogP contribution < -0.4 is 5.32 Å². The van der Waals surface area contributed by atoms with Crippen LogP contribution >= 0.6 is 15.9 Å². The normalized spacial score (nSPS) is 16.9. The van der Waals surface area contributed by atoms with Crippen molar-refractivity contribution >= 4 is 27.7 Å². The third-order valence-corrected chi connectivity index (χ3v) is 5.16. The SMILES string of the molecule is O=C(NCc1cccc(C(F)(F)F)c1)C1CCCN1C(=O)c1ccc(Br)cc1. The number of likely N-dealkylation sites (tertiary alicyclic amines) is 1. The topological polar surface area (TPSA) is 49.4 Å². The highest BCUT2D eigenvalue weighted by Gasteiger charge is 2.34. The molecule has 0 aromatic heterocycles. The minimum atomic E-state index is -4.43. The molecule has 1 aliphatic heterocycles. The van der Waals surface area contributed by atoms with E-state index in [1.807, 2.05) is 0 Å². The average molecular weight is 455 g/mol. The van der Waals surface area contributed by atoms with E-state index in [1.54, 1.807) is 24.3 Å². The molecule has 1 aliphatic rings. The van der Waals surface area contributed by atoms with Crippen LogP contribution in [0.15, 0.2) is 53.0 Å². The van der Waals surface area contributed by atoms with Crippen LogP contribution in [0.3, 0.4) is 0 Å². The molecule has 1 atom stereocenters. The van der Waals surface area contributed by atoms with Gasteiger partial charge in [-0.3, -0.25) is 9.59 Å². The van der Waals surface area contributed by atoms with E-state index < -0.39 is 17.8 Å². The highest BCUT2D eigenvalue weighted by Crippen LogP contribution is 2.29. The predicted octanol–water partition coefficient (Wildman–Crippen LogP) is 4.39. The quantitative estimate of drug-likeness (QED) is 0.744. The molecule has 148 valence electrons. The lowest BCUT2D eigenvalue weighted by molar-refractivity contribution is -0.137. The minimum absolute atomic E-state index is 0.0282. The molecule has 0 saturated carbocycles. The van der Waals surface area contributed by atoms with Crippen molar-refractivity contribution in [2.24, 2.45) is 0 Å². The number of benzene rings is 2. The lowest BCUT2D eigenvalue weighted by atomic mass is 10.1. The molecular formula is C20H18BrF3N2O2. The summed E-state index contributed by atoms with van der Waals surface area (Å²) in [5, 5.41) is 2.66. The van der Waals surface area contributed by atoms with E-state index in [4.69, 9.17) is 0 Å². The number of alkyl halides is 3. The van der Waals surface area contributed by atoms with Crippen molar-refractivity contribution in [3.8, 4) is 0 Å². The highest BCUT2D eigenvalue weighted by molar-refractivity contribution is 9.10. The summed E-state index contributed by atoms with van der Waals surface area (Å²) in [6.45, 7) is 0.441. The molecule has 8 heteroatoms. The molecule has 2 aromatic rings. The van der Waals surface area contributed by atoms with Gasteiger partial charge in [0, 0.05) is 23.1 Å². The Morgan fingerprint density at radius 1 is 1.14 bits per heavy atom. The van der Waals surface area contributed by atoms with E-state index in [-0.39, 0.29) is 18.4 Å². The summed E-state index contributed by atoms with van der Waals surface area (Å²) < 4.78 is 39.3. The molecule has 4 nitrogen and oxygen atoms in total. The maximum Gasteiger partial charge on any atom is 0.416 e. The maximum absolute atomic E-state index is 12.8. The molecule has 1 unspecified atom stereocenters. The van der Waals surface area contributed by atoms with Crippen LogP contribution in [-0.2, 0) is 17.5 Å². The molecule has 0 bridgehead atoms. The first-order valence-corrected chi connectivity index (χ1v) is 9.55. The van der Waals surface area contributed by atoms with Gasteiger partial charge in [-0.05, 0) is 54.8 Å². The number of nitrogens with one attached hydrogen (secondary N) is 1. The van der Waals surface area contributed by atoms with Gasteiger partial charge >= 0.3 is 6.18 Å². The van der Waals surface area contributed by atoms with Gasteiger partial charge in [0.15, 0.2) is 0 Å². The van der Waals surface area contributed by atoms with Crippen LogP contribution in [0, 0.1) is 0 Å². The number of amides is 2. The number of halogens is 4. The van der Waals surface area contributed by atoms with Crippen molar-refractivity contribution in [2.45, 2.75) is 31.6 Å². The molecule has 0 radical (unpaired) electrons. The molecule has 2 amide bonds. The fourth-order valence-corrected chi connectivity index (χ4v) is 3.47. The van der Waals surface area contributed by atoms with Crippen molar-refractivity contribution in [1.82, 2.24) is 10.2 Å². The second-order valence-corrected chi connectivity index (χ2v) is 7.50. The molecule has 1 heterocycles. The van der Waals surface area contributed by atoms with Crippen molar-refractivity contribution in [3.63, 3.8) is 0 Å². The number of rotatable bonds is 4. The van der Waals surface area contributed by atoms with Gasteiger partial charge in [0.2, 0.25) is 5.91 Å². The van der Waals surface area contributed by atoms with Crippen LogP contribution in [-0.4, -0.2) is 29.3 Å². The predicted molar refractivity (Wildman–Crippen MR) is 101 cm³/mol. The second kappa shape index (κ2) is 8.34. The number of carbonyl (C=O) groups is 2. The summed E-state index contributed by atoms with van der Waals surface area (Å²) in [7, 11) is 0. The Morgan fingerprint density at radius 2 is 1.86 bits per heavy atom. The zero-order chi connectivity index (χ0) is 20.3. The lowest BCUT2D eigenvalue weighted by Gasteiger charge is -2.24. The monoisotopic (exact) mass is 454 g/mol. The summed E-state index contributed by atoms with van der Waals surface area (Å²) in [5.41, 5.74) is 0.0832. The molecule has 0 aliphatic carbocycles. The Bertz CT molecular complexity index is 868. The van der Waals surface area contributed by atoms with Crippen molar-refractivity contribution in [2.75, 3.05) is 6.54 Å². The van der Waals surface area contributed by atoms with E-state index in [0.29, 0.717) is 30.5 Å². The van der Waals surface area contributed by atoms with Gasteiger partial charge in [-0.2, -0.15) is 13.2 Å². The van der Waals surface area contributed by atoms with Crippen molar-refractivity contribution in [1.29, 1.82) is 0 Å². The third-order valence-electron chi connectivity index (χ3n) is 4.63. The van der Waals surface area contributed by atoms with Gasteiger partial charge in [-0.25, -0.2) is 0 Å². The van der Waals surface area contributed by atoms with Crippen LogP contribution in [0.5, 0.6) is 0 Å². The van der Waals surface area contributed by atoms with Crippen molar-refractivity contribution in [3.05, 3.63) is 69.7 Å². The van der Waals surface area contributed by atoms with Gasteiger partial charge in [0.25, 0.3) is 5.91 Å². The Hall–Kier alpha value is -2.35.